The molecule has 4 aromatic rings. The minimum Gasteiger partial charge on any atom is -0.550 e. The van der Waals surface area contributed by atoms with Gasteiger partial charge in [-0.25, -0.2) is 54.2 Å². The van der Waals surface area contributed by atoms with Crippen molar-refractivity contribution < 1.29 is 65.5 Å². The van der Waals surface area contributed by atoms with Crippen LogP contribution in [0.1, 0.15) is 107 Å². The van der Waals surface area contributed by atoms with Crippen LogP contribution in [-0.4, -0.2) is 165 Å². The molecule has 0 saturated carbocycles. The maximum Gasteiger partial charge on any atom is 2.00 e. The summed E-state index contributed by atoms with van der Waals surface area (Å²) in [6, 6.07) is 11.0. The van der Waals surface area contributed by atoms with E-state index in [1.165, 1.54) is 80.9 Å². The Morgan fingerprint density at radius 3 is 1.37 bits per heavy atom. The third-order valence-electron chi connectivity index (χ3n) is 10.4. The Morgan fingerprint density at radius 2 is 1.04 bits per heavy atom. The van der Waals surface area contributed by atoms with Gasteiger partial charge in [0.25, 0.3) is 0 Å². The van der Waals surface area contributed by atoms with Gasteiger partial charge in [-0.1, -0.05) is 65.3 Å². The molecule has 71 heavy (non-hydrogen) atoms. The minimum absolute atomic E-state index is 0. The summed E-state index contributed by atoms with van der Waals surface area (Å²) in [6.07, 6.45) is 3.75. The molecule has 0 unspecified atom stereocenters. The molecule has 0 fully saturated rings. The van der Waals surface area contributed by atoms with Crippen molar-refractivity contribution in [2.75, 3.05) is 41.8 Å². The van der Waals surface area contributed by atoms with Crippen LogP contribution in [0.5, 0.6) is 0 Å². The maximum absolute atomic E-state index is 13.6. The molecule has 0 amide bonds. The van der Waals surface area contributed by atoms with Crippen LogP contribution in [0.25, 0.3) is 34.7 Å². The number of esters is 1. The van der Waals surface area contributed by atoms with Gasteiger partial charge in [0, 0.05) is 61.6 Å². The first-order valence-corrected chi connectivity index (χ1v) is 26.0. The summed E-state index contributed by atoms with van der Waals surface area (Å²) < 4.78 is 82.5. The number of carboxylic acid groups (broad SMARTS) is 1. The van der Waals surface area contributed by atoms with Gasteiger partial charge in [-0.3, -0.25) is 4.79 Å². The van der Waals surface area contributed by atoms with Crippen molar-refractivity contribution in [3.63, 3.8) is 0 Å². The second kappa shape index (κ2) is 28.7. The minimum atomic E-state index is -3.66. The molecule has 384 valence electrons. The van der Waals surface area contributed by atoms with Crippen molar-refractivity contribution in [1.29, 1.82) is 0 Å². The van der Waals surface area contributed by atoms with Gasteiger partial charge in [0.1, 0.15) is 11.6 Å². The summed E-state index contributed by atoms with van der Waals surface area (Å²) >= 11 is 0. The number of carboxylic acids is 1. The zero-order valence-corrected chi connectivity index (χ0v) is 45.2. The van der Waals surface area contributed by atoms with E-state index in [-0.39, 0.29) is 80.7 Å². The number of carbonyl (C=O) groups is 2. The maximum atomic E-state index is 13.6. The van der Waals surface area contributed by atoms with Crippen LogP contribution < -0.4 is 13.7 Å². The number of rotatable bonds is 23. The fourth-order valence-electron chi connectivity index (χ4n) is 6.46. The molecule has 0 bridgehead atoms. The van der Waals surface area contributed by atoms with E-state index in [1.54, 1.807) is 6.08 Å². The Kier molecular flexibility index (Phi) is 25.3. The summed E-state index contributed by atoms with van der Waals surface area (Å²) in [6.45, 7) is 9.71. The fourth-order valence-corrected chi connectivity index (χ4v) is 7.22. The van der Waals surface area contributed by atoms with Crippen molar-refractivity contribution in [3.05, 3.63) is 94.8 Å². The van der Waals surface area contributed by atoms with E-state index in [4.69, 9.17) is 4.74 Å². The van der Waals surface area contributed by atoms with Crippen LogP contribution in [0.2, 0.25) is 0 Å². The molecule has 0 saturated heterocycles. The molecule has 0 aliphatic carbocycles. The van der Waals surface area contributed by atoms with E-state index in [0.717, 1.165) is 34.0 Å². The predicted octanol–water partition coefficient (Wildman–Crippen LogP) is 4.35. The van der Waals surface area contributed by atoms with Gasteiger partial charge in [-0.2, -0.15) is 0 Å². The van der Waals surface area contributed by atoms with E-state index in [1.807, 2.05) is 34.6 Å². The molecule has 18 nitrogen and oxygen atoms in total. The number of ether oxygens (including phenoxy) is 1. The quantitative estimate of drug-likeness (QED) is 0.0457. The molecule has 23 heteroatoms. The molecule has 2 aromatic heterocycles. The summed E-state index contributed by atoms with van der Waals surface area (Å²) in [5.41, 5.74) is 3.67. The number of halogens is 2. The van der Waals surface area contributed by atoms with E-state index in [0.29, 0.717) is 51.6 Å². The second-order valence-corrected chi connectivity index (χ2v) is 21.1. The molecule has 0 aliphatic rings. The van der Waals surface area contributed by atoms with Crippen molar-refractivity contribution >= 4 is 93.8 Å². The third kappa shape index (κ3) is 20.1. The van der Waals surface area contributed by atoms with Crippen molar-refractivity contribution in [2.24, 2.45) is 0 Å². The van der Waals surface area contributed by atoms with Crippen LogP contribution in [0.15, 0.2) is 60.7 Å². The SMILES string of the molecule is CC(C)c1nc(N(C)S(C)(=O)=O)nc(-c2ccc(F)cc2)c1/C=C/[C@@H](O)C[C@@H](O)CC(=O)[O-].CCCCOC(=O)C[C@H](O)C[C@H](O)/C=C/c1c(-c2ccc(F)cc2)nc(N(C)S(C)(=O)=O)nc1C(C)C.[Ca+2]. The molecular weight excluding hydrogens is 995 g/mol. The van der Waals surface area contributed by atoms with Gasteiger partial charge in [0.05, 0.1) is 72.7 Å². The molecule has 4 N–H and O–H groups in total. The van der Waals surface area contributed by atoms with Crippen LogP contribution in [0, 0.1) is 11.6 Å². The number of sulfonamides is 2. The van der Waals surface area contributed by atoms with E-state index in [9.17, 15) is 60.7 Å². The zero-order chi connectivity index (χ0) is 52.7. The first-order valence-electron chi connectivity index (χ1n) is 22.3. The molecule has 4 rings (SSSR count). The van der Waals surface area contributed by atoms with Crippen LogP contribution in [-0.2, 0) is 34.4 Å². The number of hydrogen-bond acceptors (Lipinski definition) is 16. The van der Waals surface area contributed by atoms with Gasteiger partial charge in [0.2, 0.25) is 31.9 Å². The second-order valence-electron chi connectivity index (χ2n) is 17.1. The van der Waals surface area contributed by atoms with Gasteiger partial charge in [-0.05, 0) is 66.8 Å². The fraction of sp³-hybridized carbons (Fsp3) is 0.458. The predicted molar refractivity (Wildman–Crippen MR) is 267 cm³/mol. The number of aliphatic carboxylic acids is 1. The number of aromatic nitrogens is 4. The Labute approximate surface area is 444 Å². The topological polar surface area (TPSA) is 274 Å². The normalized spacial score (nSPS) is 13.6. The Morgan fingerprint density at radius 1 is 0.676 bits per heavy atom. The van der Waals surface area contributed by atoms with Gasteiger partial charge in [-0.15, -0.1) is 0 Å². The summed E-state index contributed by atoms with van der Waals surface area (Å²) in [4.78, 5) is 40.2. The number of benzene rings is 2. The number of hydrogen-bond donors (Lipinski definition) is 4. The van der Waals surface area contributed by atoms with Crippen LogP contribution in [0.3, 0.4) is 0 Å². The monoisotopic (exact) mass is 1060 g/mol. The largest absolute Gasteiger partial charge is 2.00 e. The summed E-state index contributed by atoms with van der Waals surface area (Å²) in [7, 11) is -4.64. The molecule has 0 spiro atoms. The first-order chi connectivity index (χ1) is 32.6. The smallest absolute Gasteiger partial charge is 0.550 e. The number of carbonyl (C=O) groups excluding carboxylic acids is 2. The molecule has 2 heterocycles. The standard InChI is InChI=1S/C26H36FN3O6S.C22H28FN3O6S.Ca/c1-6-7-14-36-23(33)16-21(32)15-20(31)12-13-22-24(17(2)3)28-26(30(4)37(5,34)35)29-25(22)18-8-10-19(27)11-9-18;1-13(2)20-18(10-9-16(27)11-17(28)12-19(29)30)21(14-5-7-15(23)8-6-14)25-22(24-20)26(3)33(4,31)32;/h8-13,17,20-21,31-32H,6-7,14-16H2,1-5H3;5-10,13,16-17,27-28H,11-12H2,1-4H3,(H,29,30);/q;;+2/p-1/b13-12+;10-9+;/t20-,21-;16-,17-;/m11./s1. The molecule has 0 radical (unpaired) electrons. The van der Waals surface area contributed by atoms with E-state index < -0.39 is 74.5 Å². The Balaban J connectivity index is 0.000000483. The van der Waals surface area contributed by atoms with Crippen molar-refractivity contribution in [1.82, 2.24) is 19.9 Å². The van der Waals surface area contributed by atoms with Gasteiger partial charge in [0.15, 0.2) is 0 Å². The number of anilines is 2. The summed E-state index contributed by atoms with van der Waals surface area (Å²) in [5.74, 6) is -3.31. The van der Waals surface area contributed by atoms with Crippen molar-refractivity contribution in [3.8, 4) is 22.5 Å². The molecular formula is C48H63CaF2N6O12S2+. The average molecular weight is 1060 g/mol. The number of aliphatic hydroxyl groups is 4. The number of nitrogens with zero attached hydrogens (tertiary/aromatic N) is 6. The van der Waals surface area contributed by atoms with Gasteiger partial charge < -0.3 is 35.1 Å². The number of aliphatic hydroxyl groups excluding tert-OH is 4. The van der Waals surface area contributed by atoms with Gasteiger partial charge >= 0.3 is 43.7 Å². The van der Waals surface area contributed by atoms with Crippen LogP contribution in [0.4, 0.5) is 20.7 Å². The number of unbranched alkanes of at least 4 members (excludes halogenated alkanes) is 1. The molecule has 4 atom stereocenters. The van der Waals surface area contributed by atoms with E-state index in [2.05, 4.69) is 19.9 Å². The molecule has 2 aromatic carbocycles. The Bertz CT molecular complexity index is 2680. The van der Waals surface area contributed by atoms with Crippen molar-refractivity contribution in [2.45, 2.75) is 109 Å². The van der Waals surface area contributed by atoms with Crippen LogP contribution >= 0.6 is 0 Å². The average Bonchev–Trinajstić information content (AvgIpc) is 3.26. The van der Waals surface area contributed by atoms with E-state index >= 15 is 0 Å². The Hall–Kier alpha value is -4.52. The first kappa shape index (κ1) is 62.6. The zero-order valence-electron chi connectivity index (χ0n) is 41.4. The summed E-state index contributed by atoms with van der Waals surface area (Å²) in [5, 5.41) is 51.3. The third-order valence-corrected chi connectivity index (χ3v) is 12.7. The molecule has 0 aliphatic heterocycles.